The normalized spacial score (nSPS) is 19.3. The predicted octanol–water partition coefficient (Wildman–Crippen LogP) is 0.372. The molecule has 3 heterocycles. The van der Waals surface area contributed by atoms with Crippen LogP contribution in [0.4, 0.5) is 5.82 Å². The summed E-state index contributed by atoms with van der Waals surface area (Å²) in [5, 5.41) is 4.40. The molecule has 0 spiro atoms. The summed E-state index contributed by atoms with van der Waals surface area (Å²) in [6.45, 7) is 3.45. The van der Waals surface area contributed by atoms with Gasteiger partial charge in [0.2, 0.25) is 5.91 Å². The first-order valence-corrected chi connectivity index (χ1v) is 9.81. The zero-order valence-electron chi connectivity index (χ0n) is 12.4. The third-order valence-electron chi connectivity index (χ3n) is 3.84. The van der Waals surface area contributed by atoms with Crippen LogP contribution in [0, 0.1) is 0 Å². The highest BCUT2D eigenvalue weighted by Gasteiger charge is 2.19. The Labute approximate surface area is 138 Å². The molecule has 1 aromatic heterocycles. The van der Waals surface area contributed by atoms with E-state index in [-0.39, 0.29) is 18.0 Å². The molecule has 1 aromatic rings. The number of hydrogen-bond donors (Lipinski definition) is 0. The fourth-order valence-corrected chi connectivity index (χ4v) is 4.36. The van der Waals surface area contributed by atoms with Gasteiger partial charge in [0, 0.05) is 55.3 Å². The second kappa shape index (κ2) is 7.41. The van der Waals surface area contributed by atoms with Crippen LogP contribution in [0.2, 0.25) is 0 Å². The molecule has 0 radical (unpaired) electrons. The van der Waals surface area contributed by atoms with E-state index in [9.17, 15) is 9.59 Å². The molecular weight excluding hydrogens is 320 g/mol. The lowest BCUT2D eigenvalue weighted by atomic mass is 10.4. The molecule has 6 nitrogen and oxygen atoms in total. The number of carbonyl (C=O) groups excluding carboxylic acids is 1. The molecule has 0 atom stereocenters. The van der Waals surface area contributed by atoms with Crippen LogP contribution in [0.3, 0.4) is 0 Å². The van der Waals surface area contributed by atoms with E-state index < -0.39 is 0 Å². The largest absolute Gasteiger partial charge is 0.354 e. The van der Waals surface area contributed by atoms with Crippen LogP contribution in [-0.2, 0) is 11.3 Å². The Morgan fingerprint density at radius 3 is 2.36 bits per heavy atom. The molecule has 2 aliphatic heterocycles. The number of aromatic nitrogens is 2. The van der Waals surface area contributed by atoms with Gasteiger partial charge in [-0.05, 0) is 6.07 Å². The molecule has 0 aliphatic carbocycles. The molecule has 120 valence electrons. The zero-order chi connectivity index (χ0) is 15.4. The molecule has 8 heteroatoms. The van der Waals surface area contributed by atoms with Gasteiger partial charge in [-0.1, -0.05) is 0 Å². The Morgan fingerprint density at radius 2 is 1.68 bits per heavy atom. The Kier molecular flexibility index (Phi) is 5.30. The lowest BCUT2D eigenvalue weighted by Crippen LogP contribution is -2.42. The molecule has 22 heavy (non-hydrogen) atoms. The van der Waals surface area contributed by atoms with Crippen molar-refractivity contribution in [2.24, 2.45) is 0 Å². The number of carbonyl (C=O) groups is 1. The summed E-state index contributed by atoms with van der Waals surface area (Å²) in [4.78, 5) is 28.3. The van der Waals surface area contributed by atoms with Gasteiger partial charge in [0.25, 0.3) is 5.56 Å². The zero-order valence-corrected chi connectivity index (χ0v) is 14.1. The van der Waals surface area contributed by atoms with Gasteiger partial charge in [-0.3, -0.25) is 9.59 Å². The predicted molar refractivity (Wildman–Crippen MR) is 91.9 cm³/mol. The first-order valence-electron chi connectivity index (χ1n) is 7.50. The van der Waals surface area contributed by atoms with Crippen LogP contribution < -0.4 is 10.5 Å². The van der Waals surface area contributed by atoms with E-state index in [2.05, 4.69) is 10.00 Å². The van der Waals surface area contributed by atoms with Crippen molar-refractivity contribution in [2.75, 3.05) is 54.1 Å². The molecule has 0 unspecified atom stereocenters. The van der Waals surface area contributed by atoms with Crippen molar-refractivity contribution in [3.05, 3.63) is 22.5 Å². The summed E-state index contributed by atoms with van der Waals surface area (Å²) in [5.41, 5.74) is -0.213. The SMILES string of the molecule is O=C(Cn1nc(N2CCSCC2)ccc1=O)N1CCSCC1. The highest BCUT2D eigenvalue weighted by atomic mass is 32.2. The third kappa shape index (κ3) is 3.78. The van der Waals surface area contributed by atoms with Crippen LogP contribution in [0.25, 0.3) is 0 Å². The van der Waals surface area contributed by atoms with Gasteiger partial charge in [-0.2, -0.15) is 28.6 Å². The van der Waals surface area contributed by atoms with Gasteiger partial charge in [0.15, 0.2) is 0 Å². The fourth-order valence-electron chi connectivity index (χ4n) is 2.55. The Hall–Kier alpha value is -1.15. The van der Waals surface area contributed by atoms with Gasteiger partial charge < -0.3 is 9.80 Å². The summed E-state index contributed by atoms with van der Waals surface area (Å²) >= 11 is 3.79. The van der Waals surface area contributed by atoms with Crippen LogP contribution in [0.15, 0.2) is 16.9 Å². The van der Waals surface area contributed by atoms with Gasteiger partial charge in [-0.15, -0.1) is 0 Å². The Bertz CT molecular complexity index is 580. The van der Waals surface area contributed by atoms with E-state index in [0.717, 1.165) is 55.0 Å². The van der Waals surface area contributed by atoms with Crippen molar-refractivity contribution in [3.8, 4) is 0 Å². The first kappa shape index (κ1) is 15.7. The molecule has 2 aliphatic rings. The minimum atomic E-state index is -0.213. The van der Waals surface area contributed by atoms with Crippen molar-refractivity contribution in [1.29, 1.82) is 0 Å². The molecule has 0 bridgehead atoms. The lowest BCUT2D eigenvalue weighted by molar-refractivity contribution is -0.131. The number of thioether (sulfide) groups is 2. The molecule has 2 fully saturated rings. The van der Waals surface area contributed by atoms with Gasteiger partial charge in [0.05, 0.1) is 0 Å². The second-order valence-electron chi connectivity index (χ2n) is 5.28. The quantitative estimate of drug-likeness (QED) is 0.792. The van der Waals surface area contributed by atoms with Crippen LogP contribution in [0.1, 0.15) is 0 Å². The maximum Gasteiger partial charge on any atom is 0.267 e. The van der Waals surface area contributed by atoms with E-state index in [1.807, 2.05) is 28.4 Å². The van der Waals surface area contributed by atoms with Gasteiger partial charge in [-0.25, -0.2) is 4.68 Å². The highest BCUT2D eigenvalue weighted by molar-refractivity contribution is 7.99. The maximum atomic E-state index is 12.3. The fraction of sp³-hybridized carbons (Fsp3) is 0.643. The Morgan fingerprint density at radius 1 is 1.05 bits per heavy atom. The lowest BCUT2D eigenvalue weighted by Gasteiger charge is -2.28. The van der Waals surface area contributed by atoms with Crippen LogP contribution >= 0.6 is 23.5 Å². The summed E-state index contributed by atoms with van der Waals surface area (Å²) < 4.78 is 1.31. The number of nitrogens with zero attached hydrogens (tertiary/aromatic N) is 4. The summed E-state index contributed by atoms with van der Waals surface area (Å²) in [6.07, 6.45) is 0. The van der Waals surface area contributed by atoms with Crippen molar-refractivity contribution in [2.45, 2.75) is 6.54 Å². The molecular formula is C14H20N4O2S2. The topological polar surface area (TPSA) is 58.4 Å². The van der Waals surface area contributed by atoms with Crippen molar-refractivity contribution >= 4 is 35.2 Å². The number of hydrogen-bond acceptors (Lipinski definition) is 6. The number of anilines is 1. The standard InChI is InChI=1S/C14H20N4O2S2/c19-13-2-1-12(16-3-7-21-8-4-16)15-18(13)11-14(20)17-5-9-22-10-6-17/h1-2H,3-11H2. The van der Waals surface area contributed by atoms with Crippen molar-refractivity contribution in [1.82, 2.24) is 14.7 Å². The molecule has 2 saturated heterocycles. The number of rotatable bonds is 3. The summed E-state index contributed by atoms with van der Waals surface area (Å²) in [6, 6.07) is 3.28. The van der Waals surface area contributed by atoms with E-state index in [4.69, 9.17) is 0 Å². The molecule has 1 amide bonds. The second-order valence-corrected chi connectivity index (χ2v) is 7.73. The molecule has 3 rings (SSSR count). The average molecular weight is 340 g/mol. The monoisotopic (exact) mass is 340 g/mol. The third-order valence-corrected chi connectivity index (χ3v) is 5.72. The average Bonchev–Trinajstić information content (AvgIpc) is 2.58. The van der Waals surface area contributed by atoms with Crippen molar-refractivity contribution < 1.29 is 4.79 Å². The highest BCUT2D eigenvalue weighted by Crippen LogP contribution is 2.15. The summed E-state index contributed by atoms with van der Waals surface area (Å²) in [5.74, 6) is 4.87. The minimum Gasteiger partial charge on any atom is -0.354 e. The van der Waals surface area contributed by atoms with E-state index >= 15 is 0 Å². The van der Waals surface area contributed by atoms with E-state index in [1.54, 1.807) is 6.07 Å². The smallest absolute Gasteiger partial charge is 0.267 e. The molecule has 0 aromatic carbocycles. The number of amides is 1. The van der Waals surface area contributed by atoms with E-state index in [1.165, 1.54) is 10.7 Å². The maximum absolute atomic E-state index is 12.3. The van der Waals surface area contributed by atoms with Crippen LogP contribution in [0.5, 0.6) is 0 Å². The molecule has 0 N–H and O–H groups in total. The molecule has 0 saturated carbocycles. The Balaban J connectivity index is 1.71. The van der Waals surface area contributed by atoms with Gasteiger partial charge >= 0.3 is 0 Å². The summed E-state index contributed by atoms with van der Waals surface area (Å²) in [7, 11) is 0. The first-order chi connectivity index (χ1) is 10.7. The van der Waals surface area contributed by atoms with Crippen LogP contribution in [-0.4, -0.2) is 69.8 Å². The van der Waals surface area contributed by atoms with Gasteiger partial charge in [0.1, 0.15) is 12.4 Å². The van der Waals surface area contributed by atoms with E-state index in [0.29, 0.717) is 0 Å². The minimum absolute atomic E-state index is 0.0127. The van der Waals surface area contributed by atoms with Crippen molar-refractivity contribution in [3.63, 3.8) is 0 Å².